The maximum Gasteiger partial charge on any atom is 0.260 e. The Hall–Kier alpha value is -2.99. The number of sulfonamides is 1. The molecular formula is C22H23N3O6S2. The third-order valence-corrected chi connectivity index (χ3v) is 7.84. The zero-order valence-electron chi connectivity index (χ0n) is 18.1. The molecule has 174 valence electrons. The van der Waals surface area contributed by atoms with Gasteiger partial charge in [0.1, 0.15) is 10.8 Å². The summed E-state index contributed by atoms with van der Waals surface area (Å²) in [5, 5.41) is 5.20. The van der Waals surface area contributed by atoms with E-state index in [1.54, 1.807) is 5.38 Å². The lowest BCUT2D eigenvalue weighted by Crippen LogP contribution is -2.40. The molecule has 0 bridgehead atoms. The van der Waals surface area contributed by atoms with Gasteiger partial charge in [0, 0.05) is 30.1 Å². The van der Waals surface area contributed by atoms with Crippen LogP contribution < -0.4 is 14.8 Å². The van der Waals surface area contributed by atoms with Gasteiger partial charge in [-0.15, -0.1) is 11.3 Å². The number of morpholine rings is 1. The normalized spacial score (nSPS) is 14.6. The highest BCUT2D eigenvalue weighted by molar-refractivity contribution is 7.89. The topological polar surface area (TPSA) is 107 Å². The molecule has 2 aromatic carbocycles. The number of hydrogen-bond acceptors (Lipinski definition) is 8. The van der Waals surface area contributed by atoms with Gasteiger partial charge >= 0.3 is 0 Å². The summed E-state index contributed by atoms with van der Waals surface area (Å²) in [5.41, 5.74) is 0.957. The molecule has 0 unspecified atom stereocenters. The van der Waals surface area contributed by atoms with Crippen molar-refractivity contribution in [3.05, 3.63) is 53.4 Å². The molecule has 3 aromatic rings. The van der Waals surface area contributed by atoms with Crippen molar-refractivity contribution in [2.45, 2.75) is 4.90 Å². The smallest absolute Gasteiger partial charge is 0.260 e. The largest absolute Gasteiger partial charge is 0.493 e. The molecule has 33 heavy (non-hydrogen) atoms. The molecule has 0 saturated carbocycles. The van der Waals surface area contributed by atoms with Gasteiger partial charge in [0.05, 0.1) is 37.9 Å². The number of rotatable bonds is 7. The quantitative estimate of drug-likeness (QED) is 0.543. The van der Waals surface area contributed by atoms with E-state index in [-0.39, 0.29) is 35.0 Å². The molecule has 0 atom stereocenters. The van der Waals surface area contributed by atoms with Crippen LogP contribution in [0.25, 0.3) is 10.6 Å². The standard InChI is InChI=1S/C22H23N3O6S2/c1-29-18-13-16(33(27,28)25-8-10-31-11-9-25)12-17(20(18)30-2)21(26)23-19-14-32-22(24-19)15-6-4-3-5-7-15/h3-7,12-14H,8-11H2,1-2H3,(H,23,26). The van der Waals surface area contributed by atoms with Gasteiger partial charge in [-0.3, -0.25) is 4.79 Å². The number of aromatic nitrogens is 1. The minimum absolute atomic E-state index is 0.0259. The van der Waals surface area contributed by atoms with Gasteiger partial charge in [-0.05, 0) is 6.07 Å². The van der Waals surface area contributed by atoms with Crippen molar-refractivity contribution in [2.24, 2.45) is 0 Å². The fourth-order valence-corrected chi connectivity index (χ4v) is 5.63. The predicted octanol–water partition coefficient (Wildman–Crippen LogP) is 3.10. The van der Waals surface area contributed by atoms with E-state index >= 15 is 0 Å². The fourth-order valence-electron chi connectivity index (χ4n) is 3.42. The second-order valence-electron chi connectivity index (χ2n) is 7.08. The Balaban J connectivity index is 1.66. The van der Waals surface area contributed by atoms with E-state index in [0.29, 0.717) is 19.0 Å². The van der Waals surface area contributed by atoms with Crippen LogP contribution in [0.4, 0.5) is 5.82 Å². The van der Waals surface area contributed by atoms with Gasteiger partial charge in [0.15, 0.2) is 11.5 Å². The molecule has 11 heteroatoms. The first-order chi connectivity index (χ1) is 15.9. The molecule has 1 aliphatic heterocycles. The second kappa shape index (κ2) is 9.87. The molecule has 0 radical (unpaired) electrons. The zero-order valence-corrected chi connectivity index (χ0v) is 19.7. The van der Waals surface area contributed by atoms with Crippen molar-refractivity contribution in [3.8, 4) is 22.1 Å². The van der Waals surface area contributed by atoms with Crippen LogP contribution in [0.2, 0.25) is 0 Å². The summed E-state index contributed by atoms with van der Waals surface area (Å²) < 4.78 is 43.7. The highest BCUT2D eigenvalue weighted by Gasteiger charge is 2.30. The molecule has 2 heterocycles. The molecule has 4 rings (SSSR count). The highest BCUT2D eigenvalue weighted by atomic mass is 32.2. The van der Waals surface area contributed by atoms with E-state index in [4.69, 9.17) is 14.2 Å². The first-order valence-corrected chi connectivity index (χ1v) is 12.4. The number of nitrogens with zero attached hydrogens (tertiary/aromatic N) is 2. The summed E-state index contributed by atoms with van der Waals surface area (Å²) in [7, 11) is -1.08. The van der Waals surface area contributed by atoms with E-state index in [2.05, 4.69) is 10.3 Å². The highest BCUT2D eigenvalue weighted by Crippen LogP contribution is 2.36. The fraction of sp³-hybridized carbons (Fsp3) is 0.273. The molecule has 1 amide bonds. The van der Waals surface area contributed by atoms with E-state index in [1.165, 1.54) is 42.0 Å². The Kier molecular flexibility index (Phi) is 6.94. The summed E-state index contributed by atoms with van der Waals surface area (Å²) >= 11 is 1.39. The van der Waals surface area contributed by atoms with Gasteiger partial charge in [-0.1, -0.05) is 30.3 Å². The molecule has 0 spiro atoms. The van der Waals surface area contributed by atoms with Crippen LogP contribution >= 0.6 is 11.3 Å². The Morgan fingerprint density at radius 3 is 2.52 bits per heavy atom. The third kappa shape index (κ3) is 4.86. The van der Waals surface area contributed by atoms with Crippen molar-refractivity contribution >= 4 is 33.1 Å². The first kappa shape index (κ1) is 23.2. The Morgan fingerprint density at radius 2 is 1.85 bits per heavy atom. The minimum atomic E-state index is -3.86. The molecule has 0 aliphatic carbocycles. The van der Waals surface area contributed by atoms with E-state index in [0.717, 1.165) is 10.6 Å². The minimum Gasteiger partial charge on any atom is -0.493 e. The van der Waals surface area contributed by atoms with Crippen LogP contribution in [0.1, 0.15) is 10.4 Å². The maximum atomic E-state index is 13.2. The SMILES string of the molecule is COc1cc(S(=O)(=O)N2CCOCC2)cc(C(=O)Nc2csc(-c3ccccc3)n2)c1OC. The first-order valence-electron chi connectivity index (χ1n) is 10.1. The number of hydrogen-bond donors (Lipinski definition) is 1. The summed E-state index contributed by atoms with van der Waals surface area (Å²) in [4.78, 5) is 17.6. The molecule has 1 N–H and O–H groups in total. The van der Waals surface area contributed by atoms with E-state index < -0.39 is 15.9 Å². The predicted molar refractivity (Wildman–Crippen MR) is 125 cm³/mol. The third-order valence-electron chi connectivity index (χ3n) is 5.07. The number of benzene rings is 2. The van der Waals surface area contributed by atoms with E-state index in [9.17, 15) is 13.2 Å². The summed E-state index contributed by atoms with van der Waals surface area (Å²) in [6.07, 6.45) is 0. The lowest BCUT2D eigenvalue weighted by molar-refractivity contribution is 0.0730. The van der Waals surface area contributed by atoms with Crippen LogP contribution in [0.3, 0.4) is 0 Å². The molecule has 1 aliphatic rings. The van der Waals surface area contributed by atoms with Gasteiger partial charge in [0.2, 0.25) is 10.0 Å². The van der Waals surface area contributed by atoms with Gasteiger partial charge in [0.25, 0.3) is 5.91 Å². The van der Waals surface area contributed by atoms with Crippen molar-refractivity contribution in [1.82, 2.24) is 9.29 Å². The monoisotopic (exact) mass is 489 g/mol. The molecule has 1 fully saturated rings. The summed E-state index contributed by atoms with van der Waals surface area (Å²) in [6, 6.07) is 12.2. The Morgan fingerprint density at radius 1 is 1.12 bits per heavy atom. The van der Waals surface area contributed by atoms with Crippen LogP contribution in [0.5, 0.6) is 11.5 Å². The number of thiazole rings is 1. The van der Waals surface area contributed by atoms with Crippen LogP contribution in [-0.2, 0) is 14.8 Å². The van der Waals surface area contributed by atoms with Gasteiger partial charge in [-0.2, -0.15) is 4.31 Å². The number of anilines is 1. The number of carbonyl (C=O) groups excluding carboxylic acids is 1. The lowest BCUT2D eigenvalue weighted by Gasteiger charge is -2.26. The second-order valence-corrected chi connectivity index (χ2v) is 9.88. The van der Waals surface area contributed by atoms with Crippen molar-refractivity contribution in [3.63, 3.8) is 0 Å². The van der Waals surface area contributed by atoms with Gasteiger partial charge in [-0.25, -0.2) is 13.4 Å². The maximum absolute atomic E-state index is 13.2. The zero-order chi connectivity index (χ0) is 23.4. The lowest BCUT2D eigenvalue weighted by atomic mass is 10.1. The molecule has 9 nitrogen and oxygen atoms in total. The van der Waals surface area contributed by atoms with Crippen LogP contribution in [0.15, 0.2) is 52.7 Å². The van der Waals surface area contributed by atoms with Crippen molar-refractivity contribution in [2.75, 3.05) is 45.8 Å². The number of amides is 1. The van der Waals surface area contributed by atoms with Gasteiger partial charge < -0.3 is 19.5 Å². The Bertz CT molecular complexity index is 1240. The molecule has 1 aromatic heterocycles. The van der Waals surface area contributed by atoms with Crippen molar-refractivity contribution < 1.29 is 27.4 Å². The number of carbonyl (C=O) groups is 1. The summed E-state index contributed by atoms with van der Waals surface area (Å²) in [6.45, 7) is 1.10. The van der Waals surface area contributed by atoms with Crippen LogP contribution in [-0.4, -0.2) is 64.1 Å². The average Bonchev–Trinajstić information content (AvgIpc) is 3.32. The molecular weight excluding hydrogens is 466 g/mol. The number of methoxy groups -OCH3 is 2. The number of ether oxygens (including phenoxy) is 3. The van der Waals surface area contributed by atoms with Crippen molar-refractivity contribution in [1.29, 1.82) is 0 Å². The Labute approximate surface area is 196 Å². The van der Waals surface area contributed by atoms with E-state index in [1.807, 2.05) is 30.3 Å². The summed E-state index contributed by atoms with van der Waals surface area (Å²) in [5.74, 6) is 0.0649. The molecule has 1 saturated heterocycles. The number of nitrogens with one attached hydrogen (secondary N) is 1. The van der Waals surface area contributed by atoms with Crippen LogP contribution in [0, 0.1) is 0 Å². The average molecular weight is 490 g/mol.